The van der Waals surface area contributed by atoms with Crippen molar-refractivity contribution < 1.29 is 8.68 Å². The fourth-order valence-corrected chi connectivity index (χ4v) is 3.33. The van der Waals surface area contributed by atoms with Gasteiger partial charge in [0.1, 0.15) is 7.05 Å². The van der Waals surface area contributed by atoms with E-state index in [0.717, 1.165) is 27.9 Å². The van der Waals surface area contributed by atoms with Crippen LogP contribution in [0.5, 0.6) is 0 Å². The SMILES string of the molecule is [2H]C([2H])([2H])c1cc(C)cc(-c2cc(C)c3c(C)cccc3[n+]2C)c1C. The summed E-state index contributed by atoms with van der Waals surface area (Å²) in [7, 11) is 2.05. The van der Waals surface area contributed by atoms with Gasteiger partial charge in [0.15, 0.2) is 0 Å². The summed E-state index contributed by atoms with van der Waals surface area (Å²) >= 11 is 0. The molecule has 22 heavy (non-hydrogen) atoms. The summed E-state index contributed by atoms with van der Waals surface area (Å²) in [6, 6.07) is 12.3. The van der Waals surface area contributed by atoms with Gasteiger partial charge in [0.05, 0.1) is 5.39 Å². The van der Waals surface area contributed by atoms with Gasteiger partial charge in [-0.15, -0.1) is 0 Å². The van der Waals surface area contributed by atoms with Crippen molar-refractivity contribution >= 4 is 10.9 Å². The van der Waals surface area contributed by atoms with Crippen LogP contribution in [0.25, 0.3) is 22.2 Å². The number of fused-ring (bicyclic) bond motifs is 1. The van der Waals surface area contributed by atoms with Crippen molar-refractivity contribution in [3.05, 3.63) is 64.2 Å². The van der Waals surface area contributed by atoms with E-state index >= 15 is 0 Å². The molecule has 2 aromatic carbocycles. The molecular weight excluding hydrogens is 266 g/mol. The summed E-state index contributed by atoms with van der Waals surface area (Å²) < 4.78 is 25.7. The Morgan fingerprint density at radius 2 is 1.68 bits per heavy atom. The molecule has 1 heteroatoms. The summed E-state index contributed by atoms with van der Waals surface area (Å²) in [5, 5.41) is 1.26. The van der Waals surface area contributed by atoms with E-state index in [9.17, 15) is 0 Å². The maximum Gasteiger partial charge on any atom is 0.213 e. The molecule has 1 nitrogen and oxygen atoms in total. The summed E-state index contributed by atoms with van der Waals surface area (Å²) in [6.07, 6.45) is 0. The number of nitrogens with zero attached hydrogens (tertiary/aromatic N) is 1. The molecule has 0 radical (unpaired) electrons. The molecule has 0 saturated heterocycles. The minimum absolute atomic E-state index is 0.435. The second kappa shape index (κ2) is 5.24. The van der Waals surface area contributed by atoms with Crippen molar-refractivity contribution in [2.24, 2.45) is 7.05 Å². The van der Waals surface area contributed by atoms with E-state index in [-0.39, 0.29) is 0 Å². The number of hydrogen-bond donors (Lipinski definition) is 0. The van der Waals surface area contributed by atoms with Crippen molar-refractivity contribution in [1.29, 1.82) is 0 Å². The summed E-state index contributed by atoms with van der Waals surface area (Å²) in [4.78, 5) is 0. The molecule has 0 spiro atoms. The van der Waals surface area contributed by atoms with Crippen LogP contribution in [-0.4, -0.2) is 0 Å². The Hall–Kier alpha value is -2.15. The average Bonchev–Trinajstić information content (AvgIpc) is 2.51. The van der Waals surface area contributed by atoms with Crippen LogP contribution in [0.2, 0.25) is 0 Å². The van der Waals surface area contributed by atoms with E-state index in [0.29, 0.717) is 5.56 Å². The minimum Gasteiger partial charge on any atom is -0.194 e. The van der Waals surface area contributed by atoms with Crippen molar-refractivity contribution in [1.82, 2.24) is 0 Å². The van der Waals surface area contributed by atoms with E-state index < -0.39 is 6.85 Å². The first-order valence-corrected chi connectivity index (χ1v) is 7.62. The summed E-state index contributed by atoms with van der Waals surface area (Å²) in [5.74, 6) is 0. The smallest absolute Gasteiger partial charge is 0.194 e. The van der Waals surface area contributed by atoms with Crippen LogP contribution >= 0.6 is 0 Å². The fourth-order valence-electron chi connectivity index (χ4n) is 3.33. The molecule has 0 aliphatic heterocycles. The number of benzene rings is 2. The zero-order chi connectivity index (χ0) is 18.5. The van der Waals surface area contributed by atoms with Crippen LogP contribution in [-0.2, 0) is 7.05 Å². The van der Waals surface area contributed by atoms with Crippen molar-refractivity contribution in [2.75, 3.05) is 0 Å². The molecular formula is C21H24N+. The number of rotatable bonds is 1. The number of aryl methyl sites for hydroxylation is 5. The van der Waals surface area contributed by atoms with Gasteiger partial charge < -0.3 is 0 Å². The first-order valence-electron chi connectivity index (χ1n) is 9.12. The van der Waals surface area contributed by atoms with Gasteiger partial charge in [-0.05, 0) is 62.9 Å². The highest BCUT2D eigenvalue weighted by Crippen LogP contribution is 2.29. The highest BCUT2D eigenvalue weighted by Gasteiger charge is 2.19. The molecule has 112 valence electrons. The zero-order valence-electron chi connectivity index (χ0n) is 16.9. The number of pyridine rings is 1. The molecule has 0 saturated carbocycles. The van der Waals surface area contributed by atoms with Crippen LogP contribution in [0.3, 0.4) is 0 Å². The third-order valence-electron chi connectivity index (χ3n) is 4.55. The predicted molar refractivity (Wildman–Crippen MR) is 94.2 cm³/mol. The standard InChI is InChI=1S/C21H24N/c1-13-10-15(3)17(5)18(11-13)20-12-16(4)21-14(2)8-7-9-19(21)22(20)6/h7-12H,1-6H3/q+1/i3D3. The first kappa shape index (κ1) is 11.4. The first-order chi connectivity index (χ1) is 11.6. The van der Waals surface area contributed by atoms with Gasteiger partial charge in [-0.25, -0.2) is 0 Å². The molecule has 1 heterocycles. The van der Waals surface area contributed by atoms with Gasteiger partial charge in [-0.1, -0.05) is 23.8 Å². The topological polar surface area (TPSA) is 3.88 Å². The quantitative estimate of drug-likeness (QED) is 0.563. The average molecular weight is 293 g/mol. The fraction of sp³-hybridized carbons (Fsp3) is 0.286. The molecule has 0 amide bonds. The third-order valence-corrected chi connectivity index (χ3v) is 4.55. The number of aromatic nitrogens is 1. The lowest BCUT2D eigenvalue weighted by Crippen LogP contribution is -2.32. The normalized spacial score (nSPS) is 13.8. The molecule has 1 aromatic heterocycles. The van der Waals surface area contributed by atoms with Gasteiger partial charge in [-0.2, -0.15) is 4.57 Å². The lowest BCUT2D eigenvalue weighted by Gasteiger charge is -2.12. The van der Waals surface area contributed by atoms with Gasteiger partial charge in [0.2, 0.25) is 11.2 Å². The van der Waals surface area contributed by atoms with Crippen LogP contribution in [0.15, 0.2) is 36.4 Å². The van der Waals surface area contributed by atoms with Crippen LogP contribution in [0, 0.1) is 34.5 Å². The van der Waals surface area contributed by atoms with Gasteiger partial charge in [0.25, 0.3) is 0 Å². The lowest BCUT2D eigenvalue weighted by atomic mass is 9.95. The highest BCUT2D eigenvalue weighted by molar-refractivity contribution is 5.84. The van der Waals surface area contributed by atoms with E-state index in [4.69, 9.17) is 4.11 Å². The van der Waals surface area contributed by atoms with Crippen LogP contribution in [0.4, 0.5) is 0 Å². The van der Waals surface area contributed by atoms with Gasteiger partial charge in [-0.3, -0.25) is 0 Å². The zero-order valence-corrected chi connectivity index (χ0v) is 13.9. The number of hydrogen-bond acceptors (Lipinski definition) is 0. The molecule has 0 aliphatic carbocycles. The van der Waals surface area contributed by atoms with Crippen LogP contribution in [0.1, 0.15) is 31.9 Å². The molecule has 3 rings (SSSR count). The maximum atomic E-state index is 7.85. The molecule has 3 aromatic rings. The Labute approximate surface area is 137 Å². The van der Waals surface area contributed by atoms with E-state index in [1.165, 1.54) is 16.5 Å². The van der Waals surface area contributed by atoms with Crippen LogP contribution < -0.4 is 4.57 Å². The third kappa shape index (κ3) is 2.21. The Morgan fingerprint density at radius 1 is 0.909 bits per heavy atom. The molecule has 0 atom stereocenters. The molecule has 0 aliphatic rings. The summed E-state index contributed by atoms with van der Waals surface area (Å²) in [6.45, 7) is 6.00. The van der Waals surface area contributed by atoms with Crippen molar-refractivity contribution in [3.8, 4) is 11.3 Å². The molecule has 0 unspecified atom stereocenters. The second-order valence-corrected chi connectivity index (χ2v) is 6.23. The maximum absolute atomic E-state index is 7.85. The largest absolute Gasteiger partial charge is 0.213 e. The molecule has 0 bridgehead atoms. The van der Waals surface area contributed by atoms with E-state index in [1.807, 2.05) is 20.9 Å². The molecule has 0 N–H and O–H groups in total. The highest BCUT2D eigenvalue weighted by atomic mass is 14.9. The van der Waals surface area contributed by atoms with Crippen molar-refractivity contribution in [2.45, 2.75) is 34.5 Å². The van der Waals surface area contributed by atoms with Gasteiger partial charge in [0, 0.05) is 21.8 Å². The minimum atomic E-state index is -2.11. The Balaban J connectivity index is 2.39. The predicted octanol–water partition coefficient (Wildman–Crippen LogP) is 4.87. The van der Waals surface area contributed by atoms with E-state index in [2.05, 4.69) is 48.7 Å². The Kier molecular flexibility index (Phi) is 2.72. The molecule has 0 fully saturated rings. The van der Waals surface area contributed by atoms with E-state index in [1.54, 1.807) is 6.07 Å². The summed E-state index contributed by atoms with van der Waals surface area (Å²) in [5.41, 5.74) is 7.87. The Bertz CT molecular complexity index is 985. The second-order valence-electron chi connectivity index (χ2n) is 6.23. The monoisotopic (exact) mass is 293 g/mol. The lowest BCUT2D eigenvalue weighted by molar-refractivity contribution is -0.633. The Morgan fingerprint density at radius 3 is 2.41 bits per heavy atom. The van der Waals surface area contributed by atoms with Crippen molar-refractivity contribution in [3.63, 3.8) is 0 Å². The van der Waals surface area contributed by atoms with Gasteiger partial charge >= 0.3 is 0 Å².